The molecule has 2 aromatic rings. The molecule has 2 rings (SSSR count). The summed E-state index contributed by atoms with van der Waals surface area (Å²) in [4.78, 5) is 35.9. The third-order valence-electron chi connectivity index (χ3n) is 3.91. The Kier molecular flexibility index (Phi) is 9.57. The highest BCUT2D eigenvalue weighted by Gasteiger charge is 2.07. The molecule has 0 bridgehead atoms. The van der Waals surface area contributed by atoms with Crippen LogP contribution in [-0.2, 0) is 27.5 Å². The molecule has 8 nitrogen and oxygen atoms in total. The molecule has 0 aliphatic rings. The van der Waals surface area contributed by atoms with Crippen molar-refractivity contribution in [2.24, 2.45) is 0 Å². The first-order valence-corrected chi connectivity index (χ1v) is 9.26. The number of nitrogens with one attached hydrogen (secondary N) is 2. The van der Waals surface area contributed by atoms with Gasteiger partial charge in [0, 0.05) is 26.2 Å². The number of hydrogen-bond acceptors (Lipinski definition) is 5. The van der Waals surface area contributed by atoms with Crippen molar-refractivity contribution >= 4 is 18.6 Å². The summed E-state index contributed by atoms with van der Waals surface area (Å²) in [5.74, 6) is 0. The predicted molar refractivity (Wildman–Crippen MR) is 107 cm³/mol. The van der Waals surface area contributed by atoms with Crippen LogP contribution >= 0.6 is 0 Å². The lowest BCUT2D eigenvalue weighted by Gasteiger charge is -2.17. The molecule has 29 heavy (non-hydrogen) atoms. The number of amides is 3. The van der Waals surface area contributed by atoms with Gasteiger partial charge < -0.3 is 25.0 Å². The van der Waals surface area contributed by atoms with Crippen molar-refractivity contribution in [2.45, 2.75) is 13.2 Å². The maximum atomic E-state index is 11.7. The minimum Gasteiger partial charge on any atom is -0.445 e. The van der Waals surface area contributed by atoms with Crippen LogP contribution in [0.1, 0.15) is 11.1 Å². The third kappa shape index (κ3) is 9.28. The van der Waals surface area contributed by atoms with Gasteiger partial charge in [-0.2, -0.15) is 0 Å². The highest BCUT2D eigenvalue weighted by Crippen LogP contribution is 2.01. The molecule has 8 heteroatoms. The van der Waals surface area contributed by atoms with E-state index in [2.05, 4.69) is 10.6 Å². The van der Waals surface area contributed by atoms with E-state index in [1.54, 1.807) is 0 Å². The van der Waals surface area contributed by atoms with E-state index in [-0.39, 0.29) is 26.3 Å². The molecule has 0 spiro atoms. The van der Waals surface area contributed by atoms with E-state index in [0.717, 1.165) is 11.1 Å². The van der Waals surface area contributed by atoms with E-state index in [4.69, 9.17) is 9.47 Å². The van der Waals surface area contributed by atoms with Crippen LogP contribution < -0.4 is 10.6 Å². The third-order valence-corrected chi connectivity index (χ3v) is 3.91. The SMILES string of the molecule is O=CN(CCNC(=O)OCc1ccccc1)CCNC(=O)OCc1ccccc1. The van der Waals surface area contributed by atoms with Crippen molar-refractivity contribution in [3.63, 3.8) is 0 Å². The Morgan fingerprint density at radius 2 is 1.17 bits per heavy atom. The molecule has 154 valence electrons. The maximum Gasteiger partial charge on any atom is 0.407 e. The monoisotopic (exact) mass is 399 g/mol. The zero-order chi connectivity index (χ0) is 20.7. The van der Waals surface area contributed by atoms with Gasteiger partial charge in [0.25, 0.3) is 0 Å². The average Bonchev–Trinajstić information content (AvgIpc) is 2.76. The Morgan fingerprint density at radius 3 is 1.55 bits per heavy atom. The lowest BCUT2D eigenvalue weighted by Crippen LogP contribution is -2.39. The first-order valence-electron chi connectivity index (χ1n) is 9.26. The van der Waals surface area contributed by atoms with Gasteiger partial charge >= 0.3 is 12.2 Å². The molecule has 0 fully saturated rings. The van der Waals surface area contributed by atoms with Crippen LogP contribution in [0.15, 0.2) is 60.7 Å². The van der Waals surface area contributed by atoms with Gasteiger partial charge in [0.05, 0.1) is 0 Å². The zero-order valence-electron chi connectivity index (χ0n) is 16.1. The molecule has 2 N–H and O–H groups in total. The van der Waals surface area contributed by atoms with E-state index in [1.807, 2.05) is 60.7 Å². The molecule has 0 saturated heterocycles. The second kappa shape index (κ2) is 12.8. The van der Waals surface area contributed by atoms with Gasteiger partial charge in [-0.3, -0.25) is 4.79 Å². The van der Waals surface area contributed by atoms with Crippen LogP contribution in [0.4, 0.5) is 9.59 Å². The molecule has 0 saturated carbocycles. The van der Waals surface area contributed by atoms with Crippen LogP contribution in [0, 0.1) is 0 Å². The van der Waals surface area contributed by atoms with Gasteiger partial charge in [0.1, 0.15) is 13.2 Å². The summed E-state index contributed by atoms with van der Waals surface area (Å²) >= 11 is 0. The molecule has 0 unspecified atom stereocenters. The van der Waals surface area contributed by atoms with Gasteiger partial charge in [-0.25, -0.2) is 9.59 Å². The Labute approximate surface area is 169 Å². The number of ether oxygens (including phenoxy) is 2. The molecular weight excluding hydrogens is 374 g/mol. The second-order valence-electron chi connectivity index (χ2n) is 6.12. The number of nitrogens with zero attached hydrogens (tertiary/aromatic N) is 1. The van der Waals surface area contributed by atoms with Gasteiger partial charge in [-0.05, 0) is 11.1 Å². The number of carbonyl (C=O) groups excluding carboxylic acids is 3. The Balaban J connectivity index is 1.54. The van der Waals surface area contributed by atoms with E-state index in [1.165, 1.54) is 4.90 Å². The maximum absolute atomic E-state index is 11.7. The molecule has 0 atom stereocenters. The summed E-state index contributed by atoms with van der Waals surface area (Å²) in [6, 6.07) is 18.7. The number of alkyl carbamates (subject to hydrolysis) is 2. The second-order valence-corrected chi connectivity index (χ2v) is 6.12. The molecule has 0 aliphatic heterocycles. The summed E-state index contributed by atoms with van der Waals surface area (Å²) in [6.07, 6.45) is -0.446. The van der Waals surface area contributed by atoms with Crippen molar-refractivity contribution < 1.29 is 23.9 Å². The largest absolute Gasteiger partial charge is 0.445 e. The lowest BCUT2D eigenvalue weighted by atomic mass is 10.2. The molecular formula is C21H25N3O5. The molecule has 3 amide bonds. The first kappa shape index (κ1) is 21.7. The minimum atomic E-state index is -0.553. The van der Waals surface area contributed by atoms with Crippen molar-refractivity contribution in [3.8, 4) is 0 Å². The molecule has 0 aliphatic carbocycles. The fourth-order valence-corrected chi connectivity index (χ4v) is 2.37. The normalized spacial score (nSPS) is 9.93. The van der Waals surface area contributed by atoms with Crippen LogP contribution in [0.25, 0.3) is 0 Å². The molecule has 0 heterocycles. The smallest absolute Gasteiger partial charge is 0.407 e. The summed E-state index contributed by atoms with van der Waals surface area (Å²) in [5, 5.41) is 5.16. The van der Waals surface area contributed by atoms with Crippen LogP contribution in [-0.4, -0.2) is 49.7 Å². The van der Waals surface area contributed by atoms with Crippen LogP contribution in [0.5, 0.6) is 0 Å². The summed E-state index contributed by atoms with van der Waals surface area (Å²) in [6.45, 7) is 1.43. The van der Waals surface area contributed by atoms with Gasteiger partial charge in [-0.15, -0.1) is 0 Å². The predicted octanol–water partition coefficient (Wildman–Crippen LogP) is 2.30. The van der Waals surface area contributed by atoms with Crippen LogP contribution in [0.3, 0.4) is 0 Å². The van der Waals surface area contributed by atoms with Crippen molar-refractivity contribution in [1.29, 1.82) is 0 Å². The molecule has 2 aromatic carbocycles. The van der Waals surface area contributed by atoms with E-state index in [0.29, 0.717) is 19.5 Å². The summed E-state index contributed by atoms with van der Waals surface area (Å²) < 4.78 is 10.2. The number of hydrogen-bond donors (Lipinski definition) is 2. The Bertz CT molecular complexity index is 694. The zero-order valence-corrected chi connectivity index (χ0v) is 16.1. The van der Waals surface area contributed by atoms with Crippen molar-refractivity contribution in [2.75, 3.05) is 26.2 Å². The highest BCUT2D eigenvalue weighted by atomic mass is 16.6. The fourth-order valence-electron chi connectivity index (χ4n) is 2.37. The first-order chi connectivity index (χ1) is 14.2. The number of carbonyl (C=O) groups is 3. The standard InChI is InChI=1S/C21H25N3O5/c25-17-24(13-11-22-20(26)28-15-18-7-3-1-4-8-18)14-12-23-21(27)29-16-19-9-5-2-6-10-19/h1-10,17H,11-16H2,(H,22,26)(H,23,27). The van der Waals surface area contributed by atoms with Crippen molar-refractivity contribution in [3.05, 3.63) is 71.8 Å². The van der Waals surface area contributed by atoms with E-state index in [9.17, 15) is 14.4 Å². The molecule has 0 aromatic heterocycles. The van der Waals surface area contributed by atoms with Gasteiger partial charge in [0.2, 0.25) is 6.41 Å². The van der Waals surface area contributed by atoms with Crippen LogP contribution in [0.2, 0.25) is 0 Å². The van der Waals surface area contributed by atoms with E-state index >= 15 is 0 Å². The average molecular weight is 399 g/mol. The lowest BCUT2D eigenvalue weighted by molar-refractivity contribution is -0.118. The topological polar surface area (TPSA) is 97.0 Å². The molecule has 0 radical (unpaired) electrons. The summed E-state index contributed by atoms with van der Waals surface area (Å²) in [7, 11) is 0. The number of benzene rings is 2. The van der Waals surface area contributed by atoms with E-state index < -0.39 is 12.2 Å². The minimum absolute atomic E-state index is 0.180. The fraction of sp³-hybridized carbons (Fsp3) is 0.286. The quantitative estimate of drug-likeness (QED) is 0.565. The number of rotatable bonds is 11. The van der Waals surface area contributed by atoms with Gasteiger partial charge in [-0.1, -0.05) is 60.7 Å². The Hall–Kier alpha value is -3.55. The summed E-state index contributed by atoms with van der Waals surface area (Å²) in [5.41, 5.74) is 1.78. The highest BCUT2D eigenvalue weighted by molar-refractivity contribution is 5.67. The Morgan fingerprint density at radius 1 is 0.759 bits per heavy atom. The van der Waals surface area contributed by atoms with Crippen molar-refractivity contribution in [1.82, 2.24) is 15.5 Å². The van der Waals surface area contributed by atoms with Gasteiger partial charge in [0.15, 0.2) is 0 Å².